The third-order valence-corrected chi connectivity index (χ3v) is 0.701. The number of hydrogen-bond acceptors (Lipinski definition) is 0. The lowest BCUT2D eigenvalue weighted by atomic mass is 10.4. The lowest BCUT2D eigenvalue weighted by Crippen LogP contribution is -1.47. The van der Waals surface area contributed by atoms with Gasteiger partial charge in [-0.15, -0.1) is 0 Å². The van der Waals surface area contributed by atoms with Crippen LogP contribution in [-0.4, -0.2) is 0 Å². The highest BCUT2D eigenvalue weighted by atomic mass is 35.5. The Morgan fingerprint density at radius 1 is 1.43 bits per heavy atom. The van der Waals surface area contributed by atoms with E-state index < -0.39 is 0 Å². The topological polar surface area (TPSA) is 0 Å². The van der Waals surface area contributed by atoms with Crippen LogP contribution >= 0.6 is 11.6 Å². The standard InChI is InChI=1S/C6H9Cl/c1-2-3-4-5-6-7/h3-6H,2H2,1H3/b4-3-,6-5+. The van der Waals surface area contributed by atoms with Crippen LogP contribution in [0.15, 0.2) is 23.8 Å². The largest absolute Gasteiger partial charge is 0.0930 e. The molecule has 1 heteroatoms. The molecule has 0 N–H and O–H groups in total. The second kappa shape index (κ2) is 5.77. The number of rotatable bonds is 2. The Hall–Kier alpha value is -0.230. The molecule has 0 bridgehead atoms. The molecule has 0 aromatic rings. The molecule has 0 heterocycles. The molecule has 7 heavy (non-hydrogen) atoms. The molecular weight excluding hydrogens is 108 g/mol. The maximum absolute atomic E-state index is 5.21. The van der Waals surface area contributed by atoms with Crippen molar-refractivity contribution >= 4 is 11.6 Å². The summed E-state index contributed by atoms with van der Waals surface area (Å²) in [5.74, 6) is 0. The summed E-state index contributed by atoms with van der Waals surface area (Å²) in [5.41, 5.74) is 1.49. The summed E-state index contributed by atoms with van der Waals surface area (Å²) in [4.78, 5) is 0. The number of hydrogen-bond donors (Lipinski definition) is 0. The third kappa shape index (κ3) is 5.77. The first-order valence-corrected chi connectivity index (χ1v) is 2.77. The Labute approximate surface area is 49.5 Å². The summed E-state index contributed by atoms with van der Waals surface area (Å²) in [7, 11) is 0. The van der Waals surface area contributed by atoms with Crippen molar-refractivity contribution < 1.29 is 0 Å². The van der Waals surface area contributed by atoms with Gasteiger partial charge in [0.25, 0.3) is 0 Å². The monoisotopic (exact) mass is 116 g/mol. The van der Waals surface area contributed by atoms with Crippen molar-refractivity contribution in [2.45, 2.75) is 13.3 Å². The van der Waals surface area contributed by atoms with Crippen LogP contribution in [0.25, 0.3) is 0 Å². The van der Waals surface area contributed by atoms with E-state index in [1.54, 1.807) is 6.08 Å². The van der Waals surface area contributed by atoms with E-state index in [0.29, 0.717) is 0 Å². The fourth-order valence-electron chi connectivity index (χ4n) is 0.257. The summed E-state index contributed by atoms with van der Waals surface area (Å²) in [5, 5.41) is 0. The molecule has 0 aliphatic heterocycles. The van der Waals surface area contributed by atoms with Crippen LogP contribution in [0, 0.1) is 0 Å². The zero-order valence-corrected chi connectivity index (χ0v) is 5.15. The molecule has 0 amide bonds. The molecule has 40 valence electrons. The van der Waals surface area contributed by atoms with Gasteiger partial charge in [-0.05, 0) is 6.42 Å². The van der Waals surface area contributed by atoms with Gasteiger partial charge in [-0.3, -0.25) is 0 Å². The van der Waals surface area contributed by atoms with Crippen LogP contribution in [0.4, 0.5) is 0 Å². The summed E-state index contributed by atoms with van der Waals surface area (Å²) in [6.07, 6.45) is 6.83. The number of halogens is 1. The van der Waals surface area contributed by atoms with Crippen LogP contribution in [0.1, 0.15) is 13.3 Å². The Balaban J connectivity index is 3.09. The van der Waals surface area contributed by atoms with Gasteiger partial charge in [0.2, 0.25) is 0 Å². The Morgan fingerprint density at radius 3 is 2.57 bits per heavy atom. The van der Waals surface area contributed by atoms with Gasteiger partial charge >= 0.3 is 0 Å². The van der Waals surface area contributed by atoms with E-state index in [-0.39, 0.29) is 0 Å². The first-order chi connectivity index (χ1) is 3.41. The molecule has 0 unspecified atom stereocenters. The lowest BCUT2D eigenvalue weighted by molar-refractivity contribution is 1.22. The van der Waals surface area contributed by atoms with Crippen LogP contribution in [0.3, 0.4) is 0 Å². The molecule has 0 atom stereocenters. The summed E-state index contributed by atoms with van der Waals surface area (Å²) in [6.45, 7) is 2.08. The van der Waals surface area contributed by atoms with Gasteiger partial charge < -0.3 is 0 Å². The van der Waals surface area contributed by atoms with Gasteiger partial charge in [0.1, 0.15) is 0 Å². The van der Waals surface area contributed by atoms with Crippen molar-refractivity contribution in [1.82, 2.24) is 0 Å². The highest BCUT2D eigenvalue weighted by molar-refractivity contribution is 6.25. The molecule has 0 saturated carbocycles. The van der Waals surface area contributed by atoms with E-state index >= 15 is 0 Å². The molecule has 0 aliphatic rings. The fraction of sp³-hybridized carbons (Fsp3) is 0.333. The van der Waals surface area contributed by atoms with E-state index in [2.05, 4.69) is 6.92 Å². The van der Waals surface area contributed by atoms with E-state index in [4.69, 9.17) is 11.6 Å². The van der Waals surface area contributed by atoms with Gasteiger partial charge in [0.05, 0.1) is 0 Å². The maximum atomic E-state index is 5.21. The van der Waals surface area contributed by atoms with Crippen LogP contribution in [0.5, 0.6) is 0 Å². The van der Waals surface area contributed by atoms with E-state index in [0.717, 1.165) is 6.42 Å². The quantitative estimate of drug-likeness (QED) is 0.487. The van der Waals surface area contributed by atoms with E-state index in [9.17, 15) is 0 Å². The van der Waals surface area contributed by atoms with E-state index in [1.165, 1.54) is 5.54 Å². The molecule has 0 radical (unpaired) electrons. The molecule has 0 aliphatic carbocycles. The normalized spacial score (nSPS) is 11.7. The van der Waals surface area contributed by atoms with Gasteiger partial charge in [-0.2, -0.15) is 0 Å². The predicted octanol–water partition coefficient (Wildman–Crippen LogP) is 2.71. The van der Waals surface area contributed by atoms with Crippen LogP contribution in [0.2, 0.25) is 0 Å². The first-order valence-electron chi connectivity index (χ1n) is 2.33. The minimum Gasteiger partial charge on any atom is -0.0930 e. The molecular formula is C6H9Cl. The van der Waals surface area contributed by atoms with Crippen molar-refractivity contribution in [3.63, 3.8) is 0 Å². The molecule has 0 rings (SSSR count). The molecule has 0 aromatic heterocycles. The number of allylic oxidation sites excluding steroid dienone is 3. The Morgan fingerprint density at radius 2 is 2.14 bits per heavy atom. The highest BCUT2D eigenvalue weighted by Crippen LogP contribution is 1.82. The van der Waals surface area contributed by atoms with Crippen molar-refractivity contribution in [2.75, 3.05) is 0 Å². The zero-order chi connectivity index (χ0) is 5.54. The molecule has 0 nitrogen and oxygen atoms in total. The van der Waals surface area contributed by atoms with Crippen molar-refractivity contribution in [1.29, 1.82) is 0 Å². The van der Waals surface area contributed by atoms with Crippen LogP contribution in [-0.2, 0) is 0 Å². The highest BCUT2D eigenvalue weighted by Gasteiger charge is 1.58. The predicted molar refractivity (Wildman–Crippen MR) is 34.4 cm³/mol. The SMILES string of the molecule is CC/C=C\C=C\Cl. The molecule has 0 aromatic carbocycles. The third-order valence-electron chi connectivity index (χ3n) is 0.556. The Bertz CT molecular complexity index is 72.2. The molecule has 0 fully saturated rings. The maximum Gasteiger partial charge on any atom is 0.00423 e. The molecule has 0 saturated heterocycles. The summed E-state index contributed by atoms with van der Waals surface area (Å²) < 4.78 is 0. The minimum absolute atomic E-state index is 1.07. The lowest BCUT2D eigenvalue weighted by Gasteiger charge is -1.69. The van der Waals surface area contributed by atoms with Gasteiger partial charge in [-0.25, -0.2) is 0 Å². The average molecular weight is 117 g/mol. The van der Waals surface area contributed by atoms with Gasteiger partial charge in [0, 0.05) is 5.54 Å². The first kappa shape index (κ1) is 6.77. The van der Waals surface area contributed by atoms with Crippen molar-refractivity contribution in [2.24, 2.45) is 0 Å². The van der Waals surface area contributed by atoms with E-state index in [1.807, 2.05) is 12.2 Å². The average Bonchev–Trinajstić information content (AvgIpc) is 1.69. The van der Waals surface area contributed by atoms with Crippen LogP contribution < -0.4 is 0 Å². The minimum atomic E-state index is 1.07. The second-order valence-corrected chi connectivity index (χ2v) is 1.41. The van der Waals surface area contributed by atoms with Crippen molar-refractivity contribution in [3.8, 4) is 0 Å². The van der Waals surface area contributed by atoms with Gasteiger partial charge in [0.15, 0.2) is 0 Å². The molecule has 0 spiro atoms. The Kier molecular flexibility index (Phi) is 5.58. The van der Waals surface area contributed by atoms with Gasteiger partial charge in [-0.1, -0.05) is 36.8 Å². The summed E-state index contributed by atoms with van der Waals surface area (Å²) in [6, 6.07) is 0. The zero-order valence-electron chi connectivity index (χ0n) is 4.39. The smallest absolute Gasteiger partial charge is 0.00423 e. The second-order valence-electron chi connectivity index (χ2n) is 1.15. The fourth-order valence-corrected chi connectivity index (χ4v) is 0.341. The summed E-state index contributed by atoms with van der Waals surface area (Å²) >= 11 is 5.21. The van der Waals surface area contributed by atoms with Crippen molar-refractivity contribution in [3.05, 3.63) is 23.8 Å².